The Morgan fingerprint density at radius 2 is 1.38 bits per heavy atom. The summed E-state index contributed by atoms with van der Waals surface area (Å²) in [5.41, 5.74) is 0. The summed E-state index contributed by atoms with van der Waals surface area (Å²) in [6.07, 6.45) is 13.0. The molecule has 0 spiro atoms. The fraction of sp³-hybridized carbons (Fsp3) is 0.923. The van der Waals surface area contributed by atoms with Crippen LogP contribution in [0.5, 0.6) is 0 Å². The van der Waals surface area contributed by atoms with Gasteiger partial charge in [-0.25, -0.2) is 0 Å². The predicted octanol–water partition coefficient (Wildman–Crippen LogP) is 4.74. The minimum atomic E-state index is 0.887. The Morgan fingerprint density at radius 1 is 0.923 bits per heavy atom. The summed E-state index contributed by atoms with van der Waals surface area (Å²) in [5, 5.41) is 0. The van der Waals surface area contributed by atoms with Crippen LogP contribution in [0.3, 0.4) is 0 Å². The highest BCUT2D eigenvalue weighted by Crippen LogP contribution is 2.30. The molecule has 0 heterocycles. The molecule has 0 amide bonds. The number of hydrogen-bond donors (Lipinski definition) is 0. The summed E-state index contributed by atoms with van der Waals surface area (Å²) < 4.78 is 0. The molecule has 1 fully saturated rings. The third kappa shape index (κ3) is 4.15. The van der Waals surface area contributed by atoms with Crippen LogP contribution in [-0.2, 0) is 0 Å². The van der Waals surface area contributed by atoms with Crippen LogP contribution in [0, 0.1) is 11.8 Å². The summed E-state index contributed by atoms with van der Waals surface area (Å²) in [6, 6.07) is 0. The van der Waals surface area contributed by atoms with Gasteiger partial charge < -0.3 is 0 Å². The monoisotopic (exact) mass is 181 g/mol. The molecule has 0 N–H and O–H groups in total. The van der Waals surface area contributed by atoms with Gasteiger partial charge in [0.05, 0.1) is 0 Å². The quantitative estimate of drug-likeness (QED) is 0.577. The van der Waals surface area contributed by atoms with E-state index in [2.05, 4.69) is 13.8 Å². The molecule has 77 valence electrons. The second-order valence-electron chi connectivity index (χ2n) is 4.59. The van der Waals surface area contributed by atoms with Crippen LogP contribution < -0.4 is 0 Å². The van der Waals surface area contributed by atoms with Crippen LogP contribution in [0.1, 0.15) is 71.6 Å². The second kappa shape index (κ2) is 6.45. The molecule has 1 atom stereocenters. The lowest BCUT2D eigenvalue weighted by molar-refractivity contribution is 0.483. The van der Waals surface area contributed by atoms with E-state index in [0.29, 0.717) is 0 Å². The van der Waals surface area contributed by atoms with Crippen LogP contribution in [0.4, 0.5) is 0 Å². The van der Waals surface area contributed by atoms with Crippen molar-refractivity contribution in [3.8, 4) is 0 Å². The molecule has 1 aliphatic rings. The van der Waals surface area contributed by atoms with Crippen molar-refractivity contribution in [1.82, 2.24) is 0 Å². The van der Waals surface area contributed by atoms with Crippen molar-refractivity contribution in [3.63, 3.8) is 0 Å². The van der Waals surface area contributed by atoms with Crippen molar-refractivity contribution in [3.05, 3.63) is 5.92 Å². The lowest BCUT2D eigenvalue weighted by Gasteiger charge is -2.21. The SMILES string of the molecule is CCC(C)[C]1CCCCCCCC1. The fourth-order valence-corrected chi connectivity index (χ4v) is 2.32. The molecule has 1 saturated carbocycles. The Kier molecular flexibility index (Phi) is 5.50. The van der Waals surface area contributed by atoms with Gasteiger partial charge in [-0.05, 0) is 24.7 Å². The van der Waals surface area contributed by atoms with Gasteiger partial charge in [0.1, 0.15) is 0 Å². The Balaban J connectivity index is 2.31. The first kappa shape index (κ1) is 11.1. The van der Waals surface area contributed by atoms with Gasteiger partial charge in [-0.3, -0.25) is 0 Å². The van der Waals surface area contributed by atoms with Crippen molar-refractivity contribution >= 4 is 0 Å². The molecule has 1 rings (SSSR count). The Bertz CT molecular complexity index is 107. The van der Waals surface area contributed by atoms with Gasteiger partial charge in [-0.15, -0.1) is 0 Å². The molecule has 0 aromatic rings. The maximum atomic E-state index is 2.41. The van der Waals surface area contributed by atoms with Crippen molar-refractivity contribution in [2.45, 2.75) is 71.6 Å². The lowest BCUT2D eigenvalue weighted by atomic mass is 9.84. The van der Waals surface area contributed by atoms with E-state index in [0.717, 1.165) is 5.92 Å². The number of hydrogen-bond acceptors (Lipinski definition) is 0. The van der Waals surface area contributed by atoms with Gasteiger partial charge in [0.2, 0.25) is 0 Å². The highest BCUT2D eigenvalue weighted by atomic mass is 14.2. The van der Waals surface area contributed by atoms with Crippen LogP contribution in [-0.4, -0.2) is 0 Å². The molecule has 0 heteroatoms. The molecule has 0 bridgehead atoms. The minimum absolute atomic E-state index is 0.887. The molecule has 1 unspecified atom stereocenters. The van der Waals surface area contributed by atoms with E-state index in [9.17, 15) is 0 Å². The van der Waals surface area contributed by atoms with E-state index in [1.54, 1.807) is 0 Å². The molecular weight excluding hydrogens is 156 g/mol. The standard InChI is InChI=1S/C13H25/c1-3-12(2)13-10-8-6-4-5-7-9-11-13/h12H,3-11H2,1-2H3. The predicted molar refractivity (Wildman–Crippen MR) is 59.6 cm³/mol. The molecule has 1 radical (unpaired) electrons. The maximum Gasteiger partial charge on any atom is -0.0213 e. The minimum Gasteiger partial charge on any atom is -0.0651 e. The molecule has 13 heavy (non-hydrogen) atoms. The van der Waals surface area contributed by atoms with Crippen molar-refractivity contribution < 1.29 is 0 Å². The second-order valence-corrected chi connectivity index (χ2v) is 4.59. The number of rotatable bonds is 2. The van der Waals surface area contributed by atoms with Crippen LogP contribution in [0.25, 0.3) is 0 Å². The summed E-state index contributed by atoms with van der Waals surface area (Å²) in [6.45, 7) is 4.73. The van der Waals surface area contributed by atoms with Gasteiger partial charge in [0.25, 0.3) is 0 Å². The lowest BCUT2D eigenvalue weighted by Crippen LogP contribution is -2.08. The topological polar surface area (TPSA) is 0 Å². The molecule has 1 aliphatic carbocycles. The Morgan fingerprint density at radius 3 is 1.85 bits per heavy atom. The Labute approximate surface area is 84.1 Å². The third-order valence-corrected chi connectivity index (χ3v) is 3.56. The first-order valence-electron chi connectivity index (χ1n) is 6.19. The summed E-state index contributed by atoms with van der Waals surface area (Å²) in [7, 11) is 0. The van der Waals surface area contributed by atoms with Crippen molar-refractivity contribution in [2.75, 3.05) is 0 Å². The zero-order valence-corrected chi connectivity index (χ0v) is 9.44. The first-order valence-corrected chi connectivity index (χ1v) is 6.19. The van der Waals surface area contributed by atoms with Gasteiger partial charge in [0.15, 0.2) is 0 Å². The summed E-state index contributed by atoms with van der Waals surface area (Å²) in [5.74, 6) is 2.75. The maximum absolute atomic E-state index is 2.41. The molecule has 0 nitrogen and oxygen atoms in total. The van der Waals surface area contributed by atoms with Gasteiger partial charge in [-0.2, -0.15) is 0 Å². The molecule has 0 aromatic carbocycles. The van der Waals surface area contributed by atoms with E-state index in [4.69, 9.17) is 0 Å². The first-order chi connectivity index (χ1) is 6.34. The van der Waals surface area contributed by atoms with E-state index >= 15 is 0 Å². The summed E-state index contributed by atoms with van der Waals surface area (Å²) in [4.78, 5) is 0. The molecule has 0 saturated heterocycles. The van der Waals surface area contributed by atoms with Gasteiger partial charge >= 0.3 is 0 Å². The molecule has 0 aliphatic heterocycles. The highest BCUT2D eigenvalue weighted by molar-refractivity contribution is 4.94. The van der Waals surface area contributed by atoms with E-state index in [1.165, 1.54) is 57.8 Å². The average Bonchev–Trinajstić information content (AvgIpc) is 2.29. The van der Waals surface area contributed by atoms with Crippen LogP contribution >= 0.6 is 0 Å². The average molecular weight is 181 g/mol. The molecular formula is C13H25. The molecule has 0 aromatic heterocycles. The van der Waals surface area contributed by atoms with Crippen molar-refractivity contribution in [2.24, 2.45) is 5.92 Å². The zero-order chi connectivity index (χ0) is 9.52. The van der Waals surface area contributed by atoms with Crippen LogP contribution in [0.2, 0.25) is 0 Å². The summed E-state index contributed by atoms with van der Waals surface area (Å²) >= 11 is 0. The fourth-order valence-electron chi connectivity index (χ4n) is 2.32. The highest BCUT2D eigenvalue weighted by Gasteiger charge is 2.16. The Hall–Kier alpha value is 0. The smallest absolute Gasteiger partial charge is 0.0213 e. The van der Waals surface area contributed by atoms with Gasteiger partial charge in [-0.1, -0.05) is 58.8 Å². The van der Waals surface area contributed by atoms with E-state index in [-0.39, 0.29) is 0 Å². The van der Waals surface area contributed by atoms with Gasteiger partial charge in [0, 0.05) is 0 Å². The normalized spacial score (nSPS) is 24.5. The zero-order valence-electron chi connectivity index (χ0n) is 9.44. The van der Waals surface area contributed by atoms with Crippen LogP contribution in [0.15, 0.2) is 0 Å². The third-order valence-electron chi connectivity index (χ3n) is 3.56. The largest absolute Gasteiger partial charge is 0.0651 e. The van der Waals surface area contributed by atoms with E-state index < -0.39 is 0 Å². The van der Waals surface area contributed by atoms with Crippen molar-refractivity contribution in [1.29, 1.82) is 0 Å². The van der Waals surface area contributed by atoms with E-state index in [1.807, 2.05) is 5.92 Å².